The van der Waals surface area contributed by atoms with Crippen LogP contribution in [0.1, 0.15) is 13.3 Å². The summed E-state index contributed by atoms with van der Waals surface area (Å²) in [5, 5.41) is 2.68. The second kappa shape index (κ2) is 4.60. The third kappa shape index (κ3) is 2.49. The van der Waals surface area contributed by atoms with Gasteiger partial charge in [-0.3, -0.25) is 0 Å². The van der Waals surface area contributed by atoms with Crippen LogP contribution in [0.15, 0.2) is 11.4 Å². The lowest BCUT2D eigenvalue weighted by Gasteiger charge is -2.06. The maximum atomic E-state index is 10.9. The maximum Gasteiger partial charge on any atom is 0.355 e. The van der Waals surface area contributed by atoms with Crippen molar-refractivity contribution in [3.8, 4) is 0 Å². The lowest BCUT2D eigenvalue weighted by atomic mass is 10.3. The van der Waals surface area contributed by atoms with Crippen LogP contribution in [0.2, 0.25) is 0 Å². The fourth-order valence-electron chi connectivity index (χ4n) is 0.673. The summed E-state index contributed by atoms with van der Waals surface area (Å²) < 4.78 is 4.49. The SMILES string of the molecule is CCC(N)=C(NC)C(=O)OC. The highest BCUT2D eigenvalue weighted by atomic mass is 16.5. The number of carbonyl (C=O) groups is 1. The van der Waals surface area contributed by atoms with E-state index in [0.29, 0.717) is 17.8 Å². The quantitative estimate of drug-likeness (QED) is 0.447. The third-order valence-electron chi connectivity index (χ3n) is 1.34. The first kappa shape index (κ1) is 9.81. The molecule has 0 radical (unpaired) electrons. The third-order valence-corrected chi connectivity index (χ3v) is 1.34. The van der Waals surface area contributed by atoms with Crippen LogP contribution in [0.25, 0.3) is 0 Å². The van der Waals surface area contributed by atoms with Crippen LogP contribution < -0.4 is 11.1 Å². The Labute approximate surface area is 66.4 Å². The average molecular weight is 158 g/mol. The van der Waals surface area contributed by atoms with Crippen molar-refractivity contribution in [2.24, 2.45) is 5.73 Å². The van der Waals surface area contributed by atoms with E-state index in [1.807, 2.05) is 6.92 Å². The van der Waals surface area contributed by atoms with Gasteiger partial charge in [-0.2, -0.15) is 0 Å². The number of methoxy groups -OCH3 is 1. The van der Waals surface area contributed by atoms with Gasteiger partial charge in [0.1, 0.15) is 5.70 Å². The van der Waals surface area contributed by atoms with E-state index in [-0.39, 0.29) is 0 Å². The van der Waals surface area contributed by atoms with Crippen molar-refractivity contribution in [1.29, 1.82) is 0 Å². The predicted octanol–water partition coefficient (Wildman–Crippen LogP) is -0.0409. The van der Waals surface area contributed by atoms with E-state index in [0.717, 1.165) is 0 Å². The van der Waals surface area contributed by atoms with Gasteiger partial charge in [0, 0.05) is 12.7 Å². The van der Waals surface area contributed by atoms with Gasteiger partial charge >= 0.3 is 5.97 Å². The summed E-state index contributed by atoms with van der Waals surface area (Å²) in [6.07, 6.45) is 0.630. The van der Waals surface area contributed by atoms with Crippen molar-refractivity contribution in [2.75, 3.05) is 14.2 Å². The normalized spacial score (nSPS) is 11.9. The molecule has 4 nitrogen and oxygen atoms in total. The van der Waals surface area contributed by atoms with Crippen molar-refractivity contribution < 1.29 is 9.53 Å². The van der Waals surface area contributed by atoms with Crippen molar-refractivity contribution >= 4 is 5.97 Å². The molecule has 0 saturated carbocycles. The number of ether oxygens (including phenoxy) is 1. The first-order valence-corrected chi connectivity index (χ1v) is 3.42. The van der Waals surface area contributed by atoms with E-state index in [2.05, 4.69) is 10.1 Å². The molecule has 4 heteroatoms. The van der Waals surface area contributed by atoms with Crippen LogP contribution in [-0.2, 0) is 9.53 Å². The van der Waals surface area contributed by atoms with Gasteiger partial charge in [0.2, 0.25) is 0 Å². The summed E-state index contributed by atoms with van der Waals surface area (Å²) >= 11 is 0. The lowest BCUT2D eigenvalue weighted by Crippen LogP contribution is -2.22. The molecule has 0 spiro atoms. The van der Waals surface area contributed by atoms with Gasteiger partial charge in [-0.15, -0.1) is 0 Å². The molecule has 0 aliphatic rings. The fraction of sp³-hybridized carbons (Fsp3) is 0.571. The zero-order chi connectivity index (χ0) is 8.85. The number of likely N-dealkylation sites (N-methyl/N-ethyl adjacent to an activating group) is 1. The van der Waals surface area contributed by atoms with Crippen LogP contribution >= 0.6 is 0 Å². The molecule has 0 unspecified atom stereocenters. The molecule has 64 valence electrons. The summed E-state index contributed by atoms with van der Waals surface area (Å²) in [6.45, 7) is 1.87. The molecule has 0 aromatic rings. The molecule has 0 aliphatic carbocycles. The number of rotatable bonds is 3. The predicted molar refractivity (Wildman–Crippen MR) is 42.6 cm³/mol. The number of hydrogen-bond donors (Lipinski definition) is 2. The number of hydrogen-bond acceptors (Lipinski definition) is 4. The van der Waals surface area contributed by atoms with E-state index >= 15 is 0 Å². The molecular formula is C7H14N2O2. The zero-order valence-electron chi connectivity index (χ0n) is 7.10. The molecule has 0 amide bonds. The first-order chi connectivity index (χ1) is 5.17. The number of allylic oxidation sites excluding steroid dienone is 1. The van der Waals surface area contributed by atoms with E-state index in [1.54, 1.807) is 7.05 Å². The molecular weight excluding hydrogens is 144 g/mol. The standard InChI is InChI=1S/C7H14N2O2/c1-4-5(8)6(9-2)7(10)11-3/h9H,4,8H2,1-3H3. The fourth-order valence-corrected chi connectivity index (χ4v) is 0.673. The Bertz CT molecular complexity index is 175. The average Bonchev–Trinajstić information content (AvgIpc) is 2.05. The van der Waals surface area contributed by atoms with E-state index in [4.69, 9.17) is 5.73 Å². The van der Waals surface area contributed by atoms with Gasteiger partial charge in [-0.05, 0) is 6.42 Å². The van der Waals surface area contributed by atoms with Gasteiger partial charge in [0.25, 0.3) is 0 Å². The molecule has 0 saturated heterocycles. The van der Waals surface area contributed by atoms with E-state index < -0.39 is 5.97 Å². The highest BCUT2D eigenvalue weighted by Gasteiger charge is 2.09. The van der Waals surface area contributed by atoms with E-state index in [1.165, 1.54) is 7.11 Å². The van der Waals surface area contributed by atoms with Crippen molar-refractivity contribution in [2.45, 2.75) is 13.3 Å². The van der Waals surface area contributed by atoms with Crippen LogP contribution in [0.3, 0.4) is 0 Å². The summed E-state index contributed by atoms with van der Waals surface area (Å²) in [5.41, 5.74) is 6.38. The highest BCUT2D eigenvalue weighted by molar-refractivity contribution is 5.88. The van der Waals surface area contributed by atoms with Crippen LogP contribution in [0.4, 0.5) is 0 Å². The van der Waals surface area contributed by atoms with Crippen LogP contribution in [0.5, 0.6) is 0 Å². The van der Waals surface area contributed by atoms with Crippen molar-refractivity contribution in [3.63, 3.8) is 0 Å². The number of nitrogens with one attached hydrogen (secondary N) is 1. The van der Waals surface area contributed by atoms with Crippen LogP contribution in [-0.4, -0.2) is 20.1 Å². The Morgan fingerprint density at radius 1 is 1.64 bits per heavy atom. The lowest BCUT2D eigenvalue weighted by molar-refractivity contribution is -0.136. The first-order valence-electron chi connectivity index (χ1n) is 3.42. The Kier molecular flexibility index (Phi) is 4.10. The molecule has 3 N–H and O–H groups in total. The molecule has 0 bridgehead atoms. The number of nitrogens with two attached hydrogens (primary N) is 1. The van der Waals surface area contributed by atoms with Gasteiger partial charge in [-0.25, -0.2) is 4.79 Å². The smallest absolute Gasteiger partial charge is 0.355 e. The zero-order valence-corrected chi connectivity index (χ0v) is 7.10. The summed E-state index contributed by atoms with van der Waals surface area (Å²) in [4.78, 5) is 10.9. The Morgan fingerprint density at radius 2 is 2.18 bits per heavy atom. The summed E-state index contributed by atoms with van der Waals surface area (Å²) in [6, 6.07) is 0. The minimum Gasteiger partial charge on any atom is -0.464 e. The Morgan fingerprint density at radius 3 is 2.45 bits per heavy atom. The number of carbonyl (C=O) groups excluding carboxylic acids is 1. The second-order valence-corrected chi connectivity index (χ2v) is 2.00. The molecule has 0 fully saturated rings. The molecule has 0 aromatic carbocycles. The molecule has 11 heavy (non-hydrogen) atoms. The highest BCUT2D eigenvalue weighted by Crippen LogP contribution is 2.00. The molecule has 0 heterocycles. The Balaban J connectivity index is 4.50. The van der Waals surface area contributed by atoms with Gasteiger partial charge in [0.05, 0.1) is 7.11 Å². The minimum absolute atomic E-state index is 0.343. The number of esters is 1. The van der Waals surface area contributed by atoms with Crippen LogP contribution in [0, 0.1) is 0 Å². The minimum atomic E-state index is -0.424. The molecule has 0 rings (SSSR count). The molecule has 0 aliphatic heterocycles. The van der Waals surface area contributed by atoms with Gasteiger partial charge in [-0.1, -0.05) is 6.92 Å². The van der Waals surface area contributed by atoms with Crippen molar-refractivity contribution in [1.82, 2.24) is 5.32 Å². The van der Waals surface area contributed by atoms with Crippen molar-refractivity contribution in [3.05, 3.63) is 11.4 Å². The molecule has 0 atom stereocenters. The van der Waals surface area contributed by atoms with E-state index in [9.17, 15) is 4.79 Å². The summed E-state index contributed by atoms with van der Waals surface area (Å²) in [7, 11) is 2.96. The maximum absolute atomic E-state index is 10.9. The molecule has 0 aromatic heterocycles. The van der Waals surface area contributed by atoms with Gasteiger partial charge < -0.3 is 15.8 Å². The van der Waals surface area contributed by atoms with Gasteiger partial charge in [0.15, 0.2) is 0 Å². The topological polar surface area (TPSA) is 64.3 Å². The largest absolute Gasteiger partial charge is 0.464 e. The monoisotopic (exact) mass is 158 g/mol. The Hall–Kier alpha value is -1.19. The summed E-state index contributed by atoms with van der Waals surface area (Å²) in [5.74, 6) is -0.424. The second-order valence-electron chi connectivity index (χ2n) is 2.00.